The molecule has 6 nitrogen and oxygen atoms in total. The molecule has 2 N–H and O–H groups in total. The van der Waals surface area contributed by atoms with Gasteiger partial charge < -0.3 is 65.1 Å². The summed E-state index contributed by atoms with van der Waals surface area (Å²) in [6, 6.07) is 4.42. The van der Waals surface area contributed by atoms with Gasteiger partial charge in [-0.05, 0) is 31.2 Å². The number of halogens is 2. The zero-order valence-electron chi connectivity index (χ0n) is 15.2. The van der Waals surface area contributed by atoms with Crippen molar-refractivity contribution >= 4 is 99.2 Å². The Bertz CT molecular complexity index is 779. The minimum absolute atomic E-state index is 0. The largest absolute Gasteiger partial charge is 2.00 e. The molecule has 2 rings (SSSR count). The van der Waals surface area contributed by atoms with Crippen molar-refractivity contribution in [3.05, 3.63) is 40.9 Å². The zero-order valence-corrected chi connectivity index (χ0v) is 22.9. The Morgan fingerprint density at radius 2 is 1.62 bits per heavy atom. The van der Waals surface area contributed by atoms with Gasteiger partial charge in [0.15, 0.2) is 0 Å². The first-order chi connectivity index (χ1) is 13.0. The molecule has 1 aliphatic heterocycles. The molecule has 1 aromatic carbocycles. The summed E-state index contributed by atoms with van der Waals surface area (Å²) < 4.78 is 5.73. The maximum absolute atomic E-state index is 12.1. The van der Waals surface area contributed by atoms with Crippen LogP contribution in [-0.4, -0.2) is 39.3 Å². The van der Waals surface area contributed by atoms with Crippen molar-refractivity contribution in [3.8, 4) is 0 Å². The van der Waals surface area contributed by atoms with E-state index in [2.05, 4.69) is 66.9 Å². The van der Waals surface area contributed by atoms with E-state index in [4.69, 9.17) is 27.9 Å². The number of cyclic esters (lactones) is 1. The van der Waals surface area contributed by atoms with Gasteiger partial charge in [0.1, 0.15) is 0 Å². The van der Waals surface area contributed by atoms with Crippen LogP contribution in [0.1, 0.15) is 6.92 Å². The number of nitrogens with zero attached hydrogens (tertiary/aromatic N) is 1. The van der Waals surface area contributed by atoms with Gasteiger partial charge in [-0.2, -0.15) is 0 Å². The van der Waals surface area contributed by atoms with Crippen LogP contribution in [0.4, 0.5) is 10.5 Å². The van der Waals surface area contributed by atoms with Gasteiger partial charge in [0.05, 0.1) is 5.69 Å². The molecular formula is C16H15Cl2N3O3S4Zn. The fourth-order valence-corrected chi connectivity index (χ4v) is 2.85. The second-order valence-electron chi connectivity index (χ2n) is 5.38. The van der Waals surface area contributed by atoms with Crippen LogP contribution in [0.25, 0.3) is 0 Å². The average molecular weight is 562 g/mol. The molecule has 1 aromatic rings. The molecule has 0 aliphatic carbocycles. The summed E-state index contributed by atoms with van der Waals surface area (Å²) in [5.41, 5.74) is -1.08. The summed E-state index contributed by atoms with van der Waals surface area (Å²) in [5.74, 6) is -0.527. The van der Waals surface area contributed by atoms with E-state index in [0.717, 1.165) is 4.90 Å². The van der Waals surface area contributed by atoms with E-state index in [0.29, 0.717) is 31.8 Å². The molecule has 2 amide bonds. The molecule has 1 fully saturated rings. The number of benzene rings is 1. The second kappa shape index (κ2) is 12.9. The van der Waals surface area contributed by atoms with E-state index in [-0.39, 0.29) is 25.2 Å². The third kappa shape index (κ3) is 8.92. The van der Waals surface area contributed by atoms with Gasteiger partial charge in [0.2, 0.25) is 5.60 Å². The monoisotopic (exact) mass is 559 g/mol. The van der Waals surface area contributed by atoms with E-state index in [1.807, 2.05) is 0 Å². The van der Waals surface area contributed by atoms with Crippen molar-refractivity contribution < 1.29 is 33.8 Å². The van der Waals surface area contributed by atoms with Crippen molar-refractivity contribution in [2.75, 3.05) is 18.0 Å². The van der Waals surface area contributed by atoms with Gasteiger partial charge in [-0.15, -0.1) is 0 Å². The number of carbonyl (C=O) groups excluding carboxylic acids is 2. The van der Waals surface area contributed by atoms with Crippen molar-refractivity contribution in [2.24, 2.45) is 0 Å². The maximum Gasteiger partial charge on any atom is 2.00 e. The predicted molar refractivity (Wildman–Crippen MR) is 125 cm³/mol. The van der Waals surface area contributed by atoms with Gasteiger partial charge in [0, 0.05) is 23.1 Å². The van der Waals surface area contributed by atoms with Crippen LogP contribution in [-0.2, 0) is 54.3 Å². The smallest absolute Gasteiger partial charge is 0.428 e. The standard InChI is InChI=1S/C12H9Cl2NO3.C4H8N2S4.Zn/c1-3-12(2)10(16)15(11(17)18-12)9-5-7(13)4-8(14)6-9;7-3(8)5-1-2-6-4(9)10;/h3-6H,1H2,2H3;1-2H2,(H2,5,7,8)(H2,6,9,10);/q;;+2/p-2. The Morgan fingerprint density at radius 1 is 1.17 bits per heavy atom. The maximum atomic E-state index is 12.1. The first-order valence-corrected chi connectivity index (χ1v) is 9.96. The zero-order chi connectivity index (χ0) is 21.5. The number of amides is 2. The first-order valence-electron chi connectivity index (χ1n) is 7.57. The van der Waals surface area contributed by atoms with Crippen LogP contribution in [0.5, 0.6) is 0 Å². The molecule has 0 aromatic heterocycles. The number of hydrogen-bond acceptors (Lipinski definition) is 7. The summed E-state index contributed by atoms with van der Waals surface area (Å²) in [4.78, 5) is 24.7. The minimum Gasteiger partial charge on any atom is -0.428 e. The van der Waals surface area contributed by atoms with Gasteiger partial charge in [-0.1, -0.05) is 38.4 Å². The molecule has 0 saturated carbocycles. The topological polar surface area (TPSA) is 70.7 Å². The molecular weight excluding hydrogens is 547 g/mol. The molecule has 1 aliphatic rings. The number of anilines is 1. The quantitative estimate of drug-likeness (QED) is 0.185. The third-order valence-corrected chi connectivity index (χ3v) is 4.28. The second-order valence-corrected chi connectivity index (χ2v) is 8.40. The minimum atomic E-state index is -1.36. The molecule has 29 heavy (non-hydrogen) atoms. The van der Waals surface area contributed by atoms with Gasteiger partial charge >= 0.3 is 25.6 Å². The average Bonchev–Trinajstić information content (AvgIpc) is 2.81. The summed E-state index contributed by atoms with van der Waals surface area (Å²) in [5, 5.41) is 6.21. The van der Waals surface area contributed by atoms with Crippen molar-refractivity contribution in [2.45, 2.75) is 12.5 Å². The number of hydrogen-bond donors (Lipinski definition) is 2. The van der Waals surface area contributed by atoms with E-state index >= 15 is 0 Å². The molecule has 1 heterocycles. The van der Waals surface area contributed by atoms with E-state index in [1.54, 1.807) is 0 Å². The van der Waals surface area contributed by atoms with Gasteiger partial charge in [-0.25, -0.2) is 9.69 Å². The van der Waals surface area contributed by atoms with Crippen LogP contribution in [0, 0.1) is 0 Å². The Kier molecular flexibility index (Phi) is 12.6. The van der Waals surface area contributed by atoms with Crippen molar-refractivity contribution in [1.29, 1.82) is 0 Å². The first kappa shape index (κ1) is 28.3. The van der Waals surface area contributed by atoms with Crippen LogP contribution in [0.15, 0.2) is 30.9 Å². The number of nitrogens with one attached hydrogen (secondary N) is 2. The summed E-state index contributed by atoms with van der Waals surface area (Å²) in [7, 11) is 0. The number of imide groups is 1. The predicted octanol–water partition coefficient (Wildman–Crippen LogP) is 3.25. The summed E-state index contributed by atoms with van der Waals surface area (Å²) >= 11 is 30.0. The Morgan fingerprint density at radius 3 is 1.97 bits per heavy atom. The molecule has 13 heteroatoms. The van der Waals surface area contributed by atoms with Crippen LogP contribution in [0.2, 0.25) is 10.0 Å². The SMILES string of the molecule is C=CC1(C)OC(=O)N(c2cc(Cl)cc(Cl)c2)C1=O.S=C([S-])NCCNC(=S)[S-].[Zn+2]. The summed E-state index contributed by atoms with van der Waals surface area (Å²) in [6.45, 7) is 6.28. The van der Waals surface area contributed by atoms with Crippen LogP contribution >= 0.6 is 47.6 Å². The van der Waals surface area contributed by atoms with Crippen molar-refractivity contribution in [3.63, 3.8) is 0 Å². The Hall–Kier alpha value is -0.677. The summed E-state index contributed by atoms with van der Waals surface area (Å²) in [6.07, 6.45) is 0.500. The van der Waals surface area contributed by atoms with E-state index in [1.165, 1.54) is 31.2 Å². The number of thiocarbonyl (C=S) groups is 2. The third-order valence-electron chi connectivity index (χ3n) is 3.27. The molecule has 1 saturated heterocycles. The molecule has 1 atom stereocenters. The Labute approximate surface area is 213 Å². The molecule has 1 unspecified atom stereocenters. The van der Waals surface area contributed by atoms with E-state index in [9.17, 15) is 9.59 Å². The van der Waals surface area contributed by atoms with Crippen LogP contribution < -0.4 is 15.5 Å². The number of ether oxygens (including phenoxy) is 1. The molecule has 152 valence electrons. The fraction of sp³-hybridized carbons (Fsp3) is 0.250. The van der Waals surface area contributed by atoms with Crippen molar-refractivity contribution in [1.82, 2.24) is 10.6 Å². The molecule has 0 spiro atoms. The van der Waals surface area contributed by atoms with Gasteiger partial charge in [-0.3, -0.25) is 4.79 Å². The fourth-order valence-electron chi connectivity index (χ4n) is 1.92. The van der Waals surface area contributed by atoms with Crippen LogP contribution in [0.3, 0.4) is 0 Å². The van der Waals surface area contributed by atoms with Gasteiger partial charge in [0.25, 0.3) is 5.91 Å². The number of carbonyl (C=O) groups is 2. The molecule has 0 radical (unpaired) electrons. The van der Waals surface area contributed by atoms with E-state index < -0.39 is 17.6 Å². The Balaban J connectivity index is 0.000000616. The molecule has 0 bridgehead atoms. The normalized spacial score (nSPS) is 17.3. The number of rotatable bonds is 5.